The molecule has 0 aliphatic carbocycles. The van der Waals surface area contributed by atoms with E-state index < -0.39 is 23.2 Å². The van der Waals surface area contributed by atoms with Crippen molar-refractivity contribution >= 4 is 5.78 Å². The summed E-state index contributed by atoms with van der Waals surface area (Å²) in [5, 5.41) is 2.49. The molecule has 0 spiro atoms. The molecule has 0 aliphatic heterocycles. The molecule has 82 valence electrons. The lowest BCUT2D eigenvalue weighted by Gasteiger charge is -2.10. The van der Waals surface area contributed by atoms with Crippen LogP contribution < -0.4 is 5.32 Å². The van der Waals surface area contributed by atoms with Crippen molar-refractivity contribution in [2.75, 3.05) is 13.6 Å². The molecule has 1 aromatic heterocycles. The number of hydrogen-bond acceptors (Lipinski definition) is 3. The molecular formula is C9H9F3N2O. The van der Waals surface area contributed by atoms with Crippen LogP contribution in [0.15, 0.2) is 18.3 Å². The summed E-state index contributed by atoms with van der Waals surface area (Å²) in [7, 11) is 1.48. The Balaban J connectivity index is 3.12. The largest absolute Gasteiger partial charge is 0.418 e. The van der Waals surface area contributed by atoms with Crippen molar-refractivity contribution in [2.24, 2.45) is 0 Å². The van der Waals surface area contributed by atoms with E-state index in [9.17, 15) is 18.0 Å². The van der Waals surface area contributed by atoms with Gasteiger partial charge in [0.2, 0.25) is 0 Å². The molecule has 0 bridgehead atoms. The van der Waals surface area contributed by atoms with Gasteiger partial charge in [0.25, 0.3) is 0 Å². The van der Waals surface area contributed by atoms with Gasteiger partial charge in [-0.2, -0.15) is 13.2 Å². The van der Waals surface area contributed by atoms with Crippen molar-refractivity contribution in [1.29, 1.82) is 0 Å². The van der Waals surface area contributed by atoms with Crippen molar-refractivity contribution in [2.45, 2.75) is 6.18 Å². The normalized spacial score (nSPS) is 11.5. The standard InChI is InChI=1S/C9H9F3N2O/c1-13-5-7(15)8-6(9(10,11)12)3-2-4-14-8/h2-4,13H,5H2,1H3. The van der Waals surface area contributed by atoms with E-state index in [1.807, 2.05) is 0 Å². The third-order valence-electron chi connectivity index (χ3n) is 1.71. The molecule has 0 unspecified atom stereocenters. The summed E-state index contributed by atoms with van der Waals surface area (Å²) in [6.45, 7) is -0.167. The quantitative estimate of drug-likeness (QED) is 0.782. The first-order valence-corrected chi connectivity index (χ1v) is 4.17. The first-order chi connectivity index (χ1) is 6.96. The van der Waals surface area contributed by atoms with E-state index in [1.54, 1.807) is 0 Å². The van der Waals surface area contributed by atoms with Crippen LogP contribution in [0.3, 0.4) is 0 Å². The van der Waals surface area contributed by atoms with Crippen LogP contribution in [0.2, 0.25) is 0 Å². The summed E-state index contributed by atoms with van der Waals surface area (Å²) in [5.74, 6) is -0.676. The SMILES string of the molecule is CNCC(=O)c1ncccc1C(F)(F)F. The van der Waals surface area contributed by atoms with Crippen LogP contribution >= 0.6 is 0 Å². The van der Waals surface area contributed by atoms with E-state index in [1.165, 1.54) is 7.05 Å². The molecule has 0 saturated carbocycles. The second-order valence-corrected chi connectivity index (χ2v) is 2.85. The Labute approximate surface area is 84.3 Å². The summed E-state index contributed by atoms with van der Waals surface area (Å²) in [6, 6.07) is 1.99. The monoisotopic (exact) mass is 218 g/mol. The Kier molecular flexibility index (Phi) is 3.41. The molecule has 0 amide bonds. The number of likely N-dealkylation sites (N-methyl/N-ethyl adjacent to an activating group) is 1. The number of carbonyl (C=O) groups is 1. The molecule has 0 aliphatic rings. The van der Waals surface area contributed by atoms with Crippen molar-refractivity contribution in [3.8, 4) is 0 Å². The molecular weight excluding hydrogens is 209 g/mol. The summed E-state index contributed by atoms with van der Waals surface area (Å²) >= 11 is 0. The van der Waals surface area contributed by atoms with E-state index in [2.05, 4.69) is 10.3 Å². The van der Waals surface area contributed by atoms with E-state index in [4.69, 9.17) is 0 Å². The number of ketones is 1. The molecule has 0 atom stereocenters. The van der Waals surface area contributed by atoms with Crippen molar-refractivity contribution in [3.63, 3.8) is 0 Å². The number of carbonyl (C=O) groups excluding carboxylic acids is 1. The summed E-state index contributed by atoms with van der Waals surface area (Å²) < 4.78 is 37.3. The predicted octanol–water partition coefficient (Wildman–Crippen LogP) is 1.50. The minimum Gasteiger partial charge on any atom is -0.313 e. The maximum Gasteiger partial charge on any atom is 0.418 e. The van der Waals surface area contributed by atoms with Crippen LogP contribution in [-0.4, -0.2) is 24.4 Å². The van der Waals surface area contributed by atoms with Crippen molar-refractivity contribution < 1.29 is 18.0 Å². The van der Waals surface area contributed by atoms with Gasteiger partial charge in [0.1, 0.15) is 5.69 Å². The summed E-state index contributed by atoms with van der Waals surface area (Å²) in [4.78, 5) is 14.7. The molecule has 6 heteroatoms. The molecule has 0 saturated heterocycles. The zero-order valence-electron chi connectivity index (χ0n) is 7.93. The molecule has 0 radical (unpaired) electrons. The van der Waals surface area contributed by atoms with Crippen LogP contribution in [0, 0.1) is 0 Å². The number of rotatable bonds is 3. The summed E-state index contributed by atoms with van der Waals surface area (Å²) in [5.41, 5.74) is -1.54. The second kappa shape index (κ2) is 4.39. The third-order valence-corrected chi connectivity index (χ3v) is 1.71. The van der Waals surface area contributed by atoms with Gasteiger partial charge in [0.15, 0.2) is 5.78 Å². The number of pyridine rings is 1. The van der Waals surface area contributed by atoms with Gasteiger partial charge < -0.3 is 5.32 Å². The zero-order chi connectivity index (χ0) is 11.5. The van der Waals surface area contributed by atoms with Crippen LogP contribution in [0.25, 0.3) is 0 Å². The average molecular weight is 218 g/mol. The van der Waals surface area contributed by atoms with E-state index in [-0.39, 0.29) is 6.54 Å². The van der Waals surface area contributed by atoms with Crippen LogP contribution in [0.1, 0.15) is 16.1 Å². The minimum atomic E-state index is -4.55. The highest BCUT2D eigenvalue weighted by Gasteiger charge is 2.35. The van der Waals surface area contributed by atoms with Gasteiger partial charge in [-0.1, -0.05) is 0 Å². The second-order valence-electron chi connectivity index (χ2n) is 2.85. The van der Waals surface area contributed by atoms with Crippen LogP contribution in [-0.2, 0) is 6.18 Å². The third kappa shape index (κ3) is 2.76. The Morgan fingerprint density at radius 3 is 2.73 bits per heavy atom. The smallest absolute Gasteiger partial charge is 0.313 e. The Morgan fingerprint density at radius 2 is 2.20 bits per heavy atom. The predicted molar refractivity (Wildman–Crippen MR) is 47.5 cm³/mol. The number of nitrogens with one attached hydrogen (secondary N) is 1. The van der Waals surface area contributed by atoms with Crippen LogP contribution in [0.5, 0.6) is 0 Å². The molecule has 3 nitrogen and oxygen atoms in total. The lowest BCUT2D eigenvalue weighted by Crippen LogP contribution is -2.23. The number of Topliss-reactive ketones (excluding diaryl/α,β-unsaturated/α-hetero) is 1. The van der Waals surface area contributed by atoms with Gasteiger partial charge in [-0.25, -0.2) is 0 Å². The molecule has 1 aromatic rings. The molecule has 1 heterocycles. The molecule has 1 rings (SSSR count). The minimum absolute atomic E-state index is 0.167. The maximum absolute atomic E-state index is 12.4. The topological polar surface area (TPSA) is 42.0 Å². The van der Waals surface area contributed by atoms with Gasteiger partial charge in [-0.3, -0.25) is 9.78 Å². The van der Waals surface area contributed by atoms with Gasteiger partial charge in [-0.15, -0.1) is 0 Å². The Hall–Kier alpha value is -1.43. The van der Waals surface area contributed by atoms with E-state index in [0.717, 1.165) is 18.3 Å². The van der Waals surface area contributed by atoms with Gasteiger partial charge in [0.05, 0.1) is 12.1 Å². The highest BCUT2D eigenvalue weighted by atomic mass is 19.4. The molecule has 0 aromatic carbocycles. The Bertz CT molecular complexity index is 363. The fourth-order valence-corrected chi connectivity index (χ4v) is 1.10. The highest BCUT2D eigenvalue weighted by molar-refractivity contribution is 5.97. The highest BCUT2D eigenvalue weighted by Crippen LogP contribution is 2.30. The Morgan fingerprint density at radius 1 is 1.53 bits per heavy atom. The molecule has 15 heavy (non-hydrogen) atoms. The zero-order valence-corrected chi connectivity index (χ0v) is 7.93. The van der Waals surface area contributed by atoms with Crippen molar-refractivity contribution in [3.05, 3.63) is 29.6 Å². The number of nitrogens with zero attached hydrogens (tertiary/aromatic N) is 1. The molecule has 1 N–H and O–H groups in total. The number of halogens is 3. The number of aromatic nitrogens is 1. The molecule has 0 fully saturated rings. The first-order valence-electron chi connectivity index (χ1n) is 4.17. The van der Waals surface area contributed by atoms with E-state index >= 15 is 0 Å². The summed E-state index contributed by atoms with van der Waals surface area (Å²) in [6.07, 6.45) is -3.38. The fourth-order valence-electron chi connectivity index (χ4n) is 1.10. The van der Waals surface area contributed by atoms with Gasteiger partial charge in [-0.05, 0) is 19.2 Å². The fraction of sp³-hybridized carbons (Fsp3) is 0.333. The number of hydrogen-bond donors (Lipinski definition) is 1. The van der Waals surface area contributed by atoms with E-state index in [0.29, 0.717) is 0 Å². The van der Waals surface area contributed by atoms with Gasteiger partial charge in [0, 0.05) is 6.20 Å². The maximum atomic E-state index is 12.4. The first kappa shape index (κ1) is 11.6. The number of alkyl halides is 3. The van der Waals surface area contributed by atoms with Crippen molar-refractivity contribution in [1.82, 2.24) is 10.3 Å². The average Bonchev–Trinajstić information content (AvgIpc) is 2.17. The van der Waals surface area contributed by atoms with Gasteiger partial charge >= 0.3 is 6.18 Å². The van der Waals surface area contributed by atoms with Crippen LogP contribution in [0.4, 0.5) is 13.2 Å². The lowest BCUT2D eigenvalue weighted by atomic mass is 10.1. The lowest BCUT2D eigenvalue weighted by molar-refractivity contribution is -0.138.